The van der Waals surface area contributed by atoms with Gasteiger partial charge in [0, 0.05) is 16.6 Å². The monoisotopic (exact) mass is 472 g/mol. The standard InChI is InChI=1S/C22H21BrN2O3S/c1-16-7-13-20(14-8-16)29(27,28)25-21(17-5-3-2-4-6-17)15-22(26)24-19-11-9-18(23)10-12-19/h2-14,21,25H,15H2,1H3,(H,24,26). The molecule has 0 aromatic heterocycles. The van der Waals surface area contributed by atoms with Gasteiger partial charge in [-0.05, 0) is 48.9 Å². The van der Waals surface area contributed by atoms with Crippen LogP contribution in [-0.4, -0.2) is 14.3 Å². The first kappa shape index (κ1) is 21.2. The van der Waals surface area contributed by atoms with Crippen LogP contribution >= 0.6 is 15.9 Å². The van der Waals surface area contributed by atoms with Gasteiger partial charge in [0.15, 0.2) is 0 Å². The van der Waals surface area contributed by atoms with Crippen molar-refractivity contribution in [1.29, 1.82) is 0 Å². The number of amides is 1. The second-order valence-corrected chi connectivity index (χ2v) is 9.29. The zero-order valence-electron chi connectivity index (χ0n) is 15.8. The van der Waals surface area contributed by atoms with E-state index < -0.39 is 16.1 Å². The third-order valence-electron chi connectivity index (χ3n) is 4.35. The molecule has 3 rings (SSSR count). The Morgan fingerprint density at radius 3 is 2.17 bits per heavy atom. The van der Waals surface area contributed by atoms with Crippen molar-refractivity contribution in [3.63, 3.8) is 0 Å². The van der Waals surface area contributed by atoms with E-state index >= 15 is 0 Å². The molecule has 0 radical (unpaired) electrons. The lowest BCUT2D eigenvalue weighted by Gasteiger charge is -2.19. The van der Waals surface area contributed by atoms with Crippen LogP contribution in [0.5, 0.6) is 0 Å². The van der Waals surface area contributed by atoms with Crippen LogP contribution in [0.25, 0.3) is 0 Å². The number of sulfonamides is 1. The minimum absolute atomic E-state index is 0.0365. The highest BCUT2D eigenvalue weighted by Gasteiger charge is 2.23. The predicted octanol–water partition coefficient (Wildman–Crippen LogP) is 4.81. The Morgan fingerprint density at radius 2 is 1.55 bits per heavy atom. The summed E-state index contributed by atoms with van der Waals surface area (Å²) >= 11 is 3.35. The molecule has 0 spiro atoms. The lowest BCUT2D eigenvalue weighted by atomic mass is 10.0. The van der Waals surface area contributed by atoms with Crippen molar-refractivity contribution in [2.75, 3.05) is 5.32 Å². The van der Waals surface area contributed by atoms with E-state index in [9.17, 15) is 13.2 Å². The second kappa shape index (κ2) is 9.35. The fourth-order valence-electron chi connectivity index (χ4n) is 2.82. The Balaban J connectivity index is 1.80. The van der Waals surface area contributed by atoms with Gasteiger partial charge in [-0.3, -0.25) is 4.79 Å². The van der Waals surface area contributed by atoms with Crippen molar-refractivity contribution in [3.8, 4) is 0 Å². The summed E-state index contributed by atoms with van der Waals surface area (Å²) in [5.74, 6) is -0.284. The molecule has 0 bridgehead atoms. The molecule has 0 heterocycles. The molecule has 0 saturated carbocycles. The van der Waals surface area contributed by atoms with Crippen molar-refractivity contribution < 1.29 is 13.2 Å². The first-order valence-electron chi connectivity index (χ1n) is 9.03. The normalized spacial score (nSPS) is 12.3. The minimum atomic E-state index is -3.78. The predicted molar refractivity (Wildman–Crippen MR) is 118 cm³/mol. The van der Waals surface area contributed by atoms with Crippen molar-refractivity contribution >= 4 is 37.5 Å². The van der Waals surface area contributed by atoms with E-state index in [1.165, 1.54) is 0 Å². The van der Waals surface area contributed by atoms with E-state index in [0.717, 1.165) is 10.0 Å². The summed E-state index contributed by atoms with van der Waals surface area (Å²) in [6.45, 7) is 1.89. The first-order chi connectivity index (χ1) is 13.8. The van der Waals surface area contributed by atoms with E-state index in [2.05, 4.69) is 26.0 Å². The number of hydrogen-bond donors (Lipinski definition) is 2. The molecule has 0 aliphatic carbocycles. The third-order valence-corrected chi connectivity index (χ3v) is 6.36. The molecule has 0 aliphatic rings. The fourth-order valence-corrected chi connectivity index (χ4v) is 4.31. The number of carbonyl (C=O) groups excluding carboxylic acids is 1. The van der Waals surface area contributed by atoms with Gasteiger partial charge in [0.05, 0.1) is 10.9 Å². The maximum atomic E-state index is 12.9. The third kappa shape index (κ3) is 6.00. The molecule has 2 N–H and O–H groups in total. The van der Waals surface area contributed by atoms with E-state index in [1.54, 1.807) is 48.5 Å². The number of nitrogens with one attached hydrogen (secondary N) is 2. The Bertz CT molecular complexity index is 1070. The van der Waals surface area contributed by atoms with E-state index in [-0.39, 0.29) is 17.2 Å². The second-order valence-electron chi connectivity index (χ2n) is 6.66. The molecule has 0 aliphatic heterocycles. The summed E-state index contributed by atoms with van der Waals surface area (Å²) in [4.78, 5) is 12.8. The Kier molecular flexibility index (Phi) is 6.84. The molecule has 1 unspecified atom stereocenters. The molecule has 0 fully saturated rings. The van der Waals surface area contributed by atoms with Gasteiger partial charge in [-0.25, -0.2) is 13.1 Å². The molecular formula is C22H21BrN2O3S. The van der Waals surface area contributed by atoms with Gasteiger partial charge >= 0.3 is 0 Å². The van der Waals surface area contributed by atoms with Crippen molar-refractivity contribution in [1.82, 2.24) is 4.72 Å². The van der Waals surface area contributed by atoms with Crippen molar-refractivity contribution in [3.05, 3.63) is 94.5 Å². The van der Waals surface area contributed by atoms with Gasteiger partial charge in [0.1, 0.15) is 0 Å². The van der Waals surface area contributed by atoms with Crippen molar-refractivity contribution in [2.45, 2.75) is 24.3 Å². The fraction of sp³-hybridized carbons (Fsp3) is 0.136. The Labute approximate surface area is 179 Å². The maximum Gasteiger partial charge on any atom is 0.241 e. The van der Waals surface area contributed by atoms with E-state index in [1.807, 2.05) is 37.3 Å². The maximum absolute atomic E-state index is 12.9. The van der Waals surface area contributed by atoms with Crippen LogP contribution in [0, 0.1) is 6.92 Å². The smallest absolute Gasteiger partial charge is 0.241 e. The molecule has 0 saturated heterocycles. The topological polar surface area (TPSA) is 75.3 Å². The summed E-state index contributed by atoms with van der Waals surface area (Å²) in [7, 11) is -3.78. The van der Waals surface area contributed by atoms with Crippen LogP contribution in [0.2, 0.25) is 0 Å². The molecule has 3 aromatic carbocycles. The summed E-state index contributed by atoms with van der Waals surface area (Å²) in [6.07, 6.45) is -0.0365. The molecule has 1 amide bonds. The van der Waals surface area contributed by atoms with Crippen LogP contribution in [-0.2, 0) is 14.8 Å². The quantitative estimate of drug-likeness (QED) is 0.518. The van der Waals surface area contributed by atoms with Gasteiger partial charge in [-0.15, -0.1) is 0 Å². The number of rotatable bonds is 7. The summed E-state index contributed by atoms with van der Waals surface area (Å²) in [5, 5.41) is 2.81. The lowest BCUT2D eigenvalue weighted by molar-refractivity contribution is -0.116. The largest absolute Gasteiger partial charge is 0.326 e. The average Bonchev–Trinajstić information content (AvgIpc) is 2.70. The van der Waals surface area contributed by atoms with Crippen LogP contribution in [0.4, 0.5) is 5.69 Å². The summed E-state index contributed by atoms with van der Waals surface area (Å²) < 4.78 is 29.3. The number of benzene rings is 3. The van der Waals surface area contributed by atoms with Gasteiger partial charge in [0.2, 0.25) is 15.9 Å². The van der Waals surface area contributed by atoms with Crippen molar-refractivity contribution in [2.24, 2.45) is 0 Å². The highest BCUT2D eigenvalue weighted by Crippen LogP contribution is 2.22. The summed E-state index contributed by atoms with van der Waals surface area (Å²) in [6, 6.07) is 22.2. The van der Waals surface area contributed by atoms with Crippen LogP contribution in [0.1, 0.15) is 23.6 Å². The zero-order valence-corrected chi connectivity index (χ0v) is 18.2. The first-order valence-corrected chi connectivity index (χ1v) is 11.3. The molecular weight excluding hydrogens is 452 g/mol. The lowest BCUT2D eigenvalue weighted by Crippen LogP contribution is -2.31. The minimum Gasteiger partial charge on any atom is -0.326 e. The van der Waals surface area contributed by atoms with Gasteiger partial charge in [-0.2, -0.15) is 0 Å². The highest BCUT2D eigenvalue weighted by atomic mass is 79.9. The molecule has 3 aromatic rings. The van der Waals surface area contributed by atoms with Crippen LogP contribution in [0.3, 0.4) is 0 Å². The zero-order chi connectivity index (χ0) is 20.9. The number of hydrogen-bond acceptors (Lipinski definition) is 3. The molecule has 7 heteroatoms. The molecule has 29 heavy (non-hydrogen) atoms. The highest BCUT2D eigenvalue weighted by molar-refractivity contribution is 9.10. The van der Waals surface area contributed by atoms with Gasteiger partial charge in [0.25, 0.3) is 0 Å². The Morgan fingerprint density at radius 1 is 0.931 bits per heavy atom. The summed E-state index contributed by atoms with van der Waals surface area (Å²) in [5.41, 5.74) is 2.33. The van der Waals surface area contributed by atoms with Gasteiger partial charge < -0.3 is 5.32 Å². The SMILES string of the molecule is Cc1ccc(S(=O)(=O)NC(CC(=O)Nc2ccc(Br)cc2)c2ccccc2)cc1. The van der Waals surface area contributed by atoms with E-state index in [0.29, 0.717) is 11.3 Å². The molecule has 150 valence electrons. The Hall–Kier alpha value is -2.48. The number of aryl methyl sites for hydroxylation is 1. The molecule has 5 nitrogen and oxygen atoms in total. The average molecular weight is 473 g/mol. The van der Waals surface area contributed by atoms with E-state index in [4.69, 9.17) is 0 Å². The number of anilines is 1. The number of halogens is 1. The van der Waals surface area contributed by atoms with Gasteiger partial charge in [-0.1, -0.05) is 64.0 Å². The number of carbonyl (C=O) groups is 1. The molecule has 1 atom stereocenters. The van der Waals surface area contributed by atoms with Crippen LogP contribution in [0.15, 0.2) is 88.2 Å². The van der Waals surface area contributed by atoms with Crippen LogP contribution < -0.4 is 10.0 Å².